The van der Waals surface area contributed by atoms with Gasteiger partial charge in [-0.25, -0.2) is 0 Å². The largest absolute Gasteiger partial charge is 0.520 e. The Balaban J connectivity index is 2.09. The second-order valence-electron chi connectivity index (χ2n) is 4.94. The summed E-state index contributed by atoms with van der Waals surface area (Å²) in [4.78, 5) is 0. The molecule has 1 atom stereocenters. The first-order chi connectivity index (χ1) is 8.81. The van der Waals surface area contributed by atoms with Crippen molar-refractivity contribution in [2.24, 2.45) is 0 Å². The third-order valence-corrected chi connectivity index (χ3v) is 8.53. The molecule has 1 aliphatic rings. The van der Waals surface area contributed by atoms with E-state index >= 15 is 0 Å². The van der Waals surface area contributed by atoms with E-state index in [1.807, 2.05) is 6.07 Å². The normalized spacial score (nSPS) is 22.8. The van der Waals surface area contributed by atoms with Crippen LogP contribution in [0.1, 0.15) is 18.1 Å². The SMILES string of the molecule is CC[Si]1(C)OCc2cc(CC[Si](Cl)(Cl)Cl)ccc2O1. The molecule has 0 bridgehead atoms. The Labute approximate surface area is 130 Å². The van der Waals surface area contributed by atoms with Crippen LogP contribution in [0.3, 0.4) is 0 Å². The van der Waals surface area contributed by atoms with E-state index in [-0.39, 0.29) is 0 Å². The number of hydrogen-bond acceptors (Lipinski definition) is 2. The summed E-state index contributed by atoms with van der Waals surface area (Å²) in [6.45, 7) is 4.83. The Morgan fingerprint density at radius 2 is 2.05 bits per heavy atom. The fraction of sp³-hybridized carbons (Fsp3) is 0.500. The van der Waals surface area contributed by atoms with Gasteiger partial charge in [-0.05, 0) is 42.8 Å². The molecule has 2 nitrogen and oxygen atoms in total. The van der Waals surface area contributed by atoms with Gasteiger partial charge in [0.1, 0.15) is 5.75 Å². The second-order valence-corrected chi connectivity index (χ2v) is 17.7. The van der Waals surface area contributed by atoms with Crippen molar-refractivity contribution in [1.29, 1.82) is 0 Å². The summed E-state index contributed by atoms with van der Waals surface area (Å²) >= 11 is 17.7. The van der Waals surface area contributed by atoms with Gasteiger partial charge in [0.05, 0.1) is 6.61 Å². The van der Waals surface area contributed by atoms with E-state index in [1.165, 1.54) is 5.56 Å². The van der Waals surface area contributed by atoms with E-state index in [0.29, 0.717) is 12.7 Å². The molecule has 2 rings (SSSR count). The summed E-state index contributed by atoms with van der Waals surface area (Å²) in [5.41, 5.74) is 2.27. The molecule has 1 aliphatic heterocycles. The van der Waals surface area contributed by atoms with Gasteiger partial charge in [0.25, 0.3) is 0 Å². The lowest BCUT2D eigenvalue weighted by atomic mass is 10.1. The highest BCUT2D eigenvalue weighted by Gasteiger charge is 2.35. The lowest BCUT2D eigenvalue weighted by Crippen LogP contribution is -2.43. The molecule has 0 fully saturated rings. The van der Waals surface area contributed by atoms with Crippen LogP contribution in [0.25, 0.3) is 0 Å². The quantitative estimate of drug-likeness (QED) is 0.566. The molecule has 0 amide bonds. The van der Waals surface area contributed by atoms with Crippen molar-refractivity contribution in [3.63, 3.8) is 0 Å². The van der Waals surface area contributed by atoms with Gasteiger partial charge >= 0.3 is 14.6 Å². The van der Waals surface area contributed by atoms with Crippen LogP contribution in [0.15, 0.2) is 18.2 Å². The maximum Gasteiger partial charge on any atom is 0.395 e. The fourth-order valence-corrected chi connectivity index (χ4v) is 4.91. The number of halogens is 3. The smallest absolute Gasteiger partial charge is 0.395 e. The molecule has 7 heteroatoms. The van der Waals surface area contributed by atoms with E-state index in [0.717, 1.165) is 23.8 Å². The van der Waals surface area contributed by atoms with Crippen molar-refractivity contribution in [3.8, 4) is 5.75 Å². The van der Waals surface area contributed by atoms with Gasteiger partial charge in [-0.3, -0.25) is 0 Å². The first-order valence-corrected chi connectivity index (χ1v) is 14.1. The summed E-state index contributed by atoms with van der Waals surface area (Å²) in [6, 6.07) is 5.22. The molecule has 1 aromatic rings. The van der Waals surface area contributed by atoms with Crippen LogP contribution in [0, 0.1) is 0 Å². The van der Waals surface area contributed by atoms with Crippen LogP contribution < -0.4 is 4.43 Å². The van der Waals surface area contributed by atoms with Crippen molar-refractivity contribution in [2.45, 2.75) is 38.6 Å². The zero-order chi connectivity index (χ0) is 14.1. The minimum Gasteiger partial charge on any atom is -0.520 e. The average Bonchev–Trinajstić information content (AvgIpc) is 2.35. The zero-order valence-electron chi connectivity index (χ0n) is 11.0. The summed E-state index contributed by atoms with van der Waals surface area (Å²) in [5, 5.41) is 0. The molecule has 0 saturated carbocycles. The van der Waals surface area contributed by atoms with E-state index in [4.69, 9.17) is 42.1 Å². The third-order valence-electron chi connectivity index (χ3n) is 3.32. The van der Waals surface area contributed by atoms with E-state index in [9.17, 15) is 0 Å². The molecule has 0 N–H and O–H groups in total. The van der Waals surface area contributed by atoms with Gasteiger partial charge < -0.3 is 8.85 Å². The number of benzene rings is 1. The predicted octanol–water partition coefficient (Wildman–Crippen LogP) is 4.89. The number of fused-ring (bicyclic) bond motifs is 1. The first kappa shape index (κ1) is 15.7. The first-order valence-electron chi connectivity index (χ1n) is 6.33. The predicted molar refractivity (Wildman–Crippen MR) is 85.8 cm³/mol. The van der Waals surface area contributed by atoms with Gasteiger partial charge in [0.15, 0.2) is 0 Å². The molecule has 0 radical (unpaired) electrons. The van der Waals surface area contributed by atoms with Gasteiger partial charge in [0.2, 0.25) is 0 Å². The van der Waals surface area contributed by atoms with Crippen LogP contribution in [0.4, 0.5) is 0 Å². The summed E-state index contributed by atoms with van der Waals surface area (Å²) < 4.78 is 11.9. The van der Waals surface area contributed by atoms with Gasteiger partial charge in [0, 0.05) is 5.56 Å². The highest BCUT2D eigenvalue weighted by molar-refractivity contribution is 7.64. The maximum atomic E-state index is 6.02. The van der Waals surface area contributed by atoms with Crippen molar-refractivity contribution in [3.05, 3.63) is 29.3 Å². The number of aryl methyl sites for hydroxylation is 1. The molecule has 19 heavy (non-hydrogen) atoms. The van der Waals surface area contributed by atoms with Crippen LogP contribution in [0.2, 0.25) is 18.6 Å². The molecular formula is C12H17Cl3O2Si2. The Hall–Kier alpha value is 0.284. The molecule has 106 valence electrons. The van der Waals surface area contributed by atoms with Gasteiger partial charge in [-0.1, -0.05) is 13.0 Å². The number of hydrogen-bond donors (Lipinski definition) is 0. The van der Waals surface area contributed by atoms with Crippen molar-refractivity contribution < 1.29 is 8.85 Å². The highest BCUT2D eigenvalue weighted by atomic mass is 35.8. The van der Waals surface area contributed by atoms with Crippen molar-refractivity contribution in [2.75, 3.05) is 0 Å². The van der Waals surface area contributed by atoms with Crippen LogP contribution in [0.5, 0.6) is 5.75 Å². The Bertz CT molecular complexity index is 465. The minimum absolute atomic E-state index is 0.630. The van der Waals surface area contributed by atoms with Gasteiger partial charge in [-0.2, -0.15) is 0 Å². The fourth-order valence-electron chi connectivity index (χ4n) is 1.95. The molecule has 1 heterocycles. The van der Waals surface area contributed by atoms with E-state index in [1.54, 1.807) is 0 Å². The van der Waals surface area contributed by atoms with Gasteiger partial charge in [-0.15, -0.1) is 33.2 Å². The third kappa shape index (κ3) is 4.38. The van der Waals surface area contributed by atoms with E-state index in [2.05, 4.69) is 25.6 Å². The Morgan fingerprint density at radius 3 is 2.68 bits per heavy atom. The molecular weight excluding hydrogens is 339 g/mol. The van der Waals surface area contributed by atoms with Crippen molar-refractivity contribution in [1.82, 2.24) is 0 Å². The molecule has 0 aliphatic carbocycles. The number of rotatable bonds is 4. The molecule has 1 unspecified atom stereocenters. The summed E-state index contributed by atoms with van der Waals surface area (Å²) in [5.74, 6) is 0.956. The Kier molecular flexibility index (Phi) is 4.91. The summed E-state index contributed by atoms with van der Waals surface area (Å²) in [7, 11) is -1.98. The summed E-state index contributed by atoms with van der Waals surface area (Å²) in [6.07, 6.45) is 0.790. The van der Waals surface area contributed by atoms with Crippen LogP contribution >= 0.6 is 33.2 Å². The van der Waals surface area contributed by atoms with E-state index < -0.39 is 14.6 Å². The molecule has 0 aromatic heterocycles. The monoisotopic (exact) mass is 354 g/mol. The van der Waals surface area contributed by atoms with Crippen molar-refractivity contribution >= 4 is 47.8 Å². The highest BCUT2D eigenvalue weighted by Crippen LogP contribution is 2.33. The molecule has 1 aromatic carbocycles. The second kappa shape index (κ2) is 5.96. The average molecular weight is 356 g/mol. The minimum atomic E-state index is -2.54. The Morgan fingerprint density at radius 1 is 1.32 bits per heavy atom. The molecule has 0 spiro atoms. The lowest BCUT2D eigenvalue weighted by Gasteiger charge is -2.32. The standard InChI is InChI=1S/C12H17Cl3O2Si2/c1-3-18(2)16-9-11-8-10(4-5-12(11)17-18)6-7-19(13,14)15/h4-5,8H,3,6-7,9H2,1-2H3. The molecule has 0 saturated heterocycles. The van der Waals surface area contributed by atoms with Crippen LogP contribution in [-0.4, -0.2) is 14.6 Å². The van der Waals surface area contributed by atoms with Crippen LogP contribution in [-0.2, 0) is 17.5 Å². The lowest BCUT2D eigenvalue weighted by molar-refractivity contribution is 0.206. The topological polar surface area (TPSA) is 18.5 Å². The maximum absolute atomic E-state index is 6.02. The zero-order valence-corrected chi connectivity index (χ0v) is 15.3.